The number of nitrogens with one attached hydrogen (secondary N) is 1. The van der Waals surface area contributed by atoms with Gasteiger partial charge in [-0.2, -0.15) is 0 Å². The summed E-state index contributed by atoms with van der Waals surface area (Å²) in [5.74, 6) is 0.297. The molecule has 176 valence electrons. The van der Waals surface area contributed by atoms with Crippen LogP contribution in [-0.2, 0) is 25.5 Å². The molecule has 0 aromatic heterocycles. The molecule has 0 atom stereocenters. The van der Waals surface area contributed by atoms with Gasteiger partial charge in [-0.05, 0) is 18.9 Å². The highest BCUT2D eigenvalue weighted by molar-refractivity contribution is 5.80. The van der Waals surface area contributed by atoms with Gasteiger partial charge >= 0.3 is 0 Å². The van der Waals surface area contributed by atoms with Crippen LogP contribution in [0.25, 0.3) is 0 Å². The third-order valence-corrected chi connectivity index (χ3v) is 3.64. The molecular weight excluding hydrogens is 378 g/mol. The molecule has 5 heteroatoms. The van der Waals surface area contributed by atoms with E-state index >= 15 is 0 Å². The van der Waals surface area contributed by atoms with E-state index < -0.39 is 0 Å². The Bertz CT molecular complexity index is 473. The molecule has 0 unspecified atom stereocenters. The Morgan fingerprint density at radius 3 is 1.97 bits per heavy atom. The summed E-state index contributed by atoms with van der Waals surface area (Å²) in [6.07, 6.45) is 3.55. The van der Waals surface area contributed by atoms with Gasteiger partial charge in [0.05, 0.1) is 26.4 Å². The minimum absolute atomic E-state index is 0.0780. The number of rotatable bonds is 13. The molecule has 0 aliphatic carbocycles. The fraction of sp³-hybridized carbons (Fsp3) is 0.680. The van der Waals surface area contributed by atoms with Gasteiger partial charge in [0.25, 0.3) is 0 Å². The zero-order valence-corrected chi connectivity index (χ0v) is 20.8. The highest BCUT2D eigenvalue weighted by Gasteiger charge is 2.05. The number of carbonyl (C=O) groups is 2. The number of carbonyl (C=O) groups excluding carboxylic acids is 2. The maximum absolute atomic E-state index is 11.2. The van der Waals surface area contributed by atoms with E-state index in [9.17, 15) is 9.59 Å². The topological polar surface area (TPSA) is 64.6 Å². The second kappa shape index (κ2) is 27.3. The smallest absolute Gasteiger partial charge is 0.207 e. The number of benzene rings is 1. The van der Waals surface area contributed by atoms with Crippen LogP contribution in [0.4, 0.5) is 0 Å². The lowest BCUT2D eigenvalue weighted by Gasteiger charge is -2.06. The quantitative estimate of drug-likeness (QED) is 0.340. The van der Waals surface area contributed by atoms with E-state index in [0.717, 1.165) is 0 Å². The first-order valence-corrected chi connectivity index (χ1v) is 11.4. The number of amides is 1. The summed E-state index contributed by atoms with van der Waals surface area (Å²) >= 11 is 0. The molecule has 1 amide bonds. The average Bonchev–Trinajstić information content (AvgIpc) is 2.77. The van der Waals surface area contributed by atoms with Gasteiger partial charge in [0, 0.05) is 18.9 Å². The Morgan fingerprint density at radius 2 is 1.50 bits per heavy atom. The van der Waals surface area contributed by atoms with Gasteiger partial charge in [-0.1, -0.05) is 84.7 Å². The number of hydrogen-bond donors (Lipinski definition) is 1. The van der Waals surface area contributed by atoms with E-state index in [2.05, 4.69) is 43.4 Å². The average molecular weight is 426 g/mol. The van der Waals surface area contributed by atoms with Crippen molar-refractivity contribution in [3.05, 3.63) is 35.4 Å². The third-order valence-electron chi connectivity index (χ3n) is 3.64. The largest absolute Gasteiger partial charge is 0.379 e. The first-order valence-electron chi connectivity index (χ1n) is 11.4. The summed E-state index contributed by atoms with van der Waals surface area (Å²) < 4.78 is 10.4. The van der Waals surface area contributed by atoms with Crippen LogP contribution in [0, 0.1) is 12.8 Å². The lowest BCUT2D eigenvalue weighted by molar-refractivity contribution is -0.123. The second-order valence-corrected chi connectivity index (χ2v) is 6.40. The highest BCUT2D eigenvalue weighted by atomic mass is 16.5. The Labute approximate surface area is 185 Å². The van der Waals surface area contributed by atoms with Gasteiger partial charge in [-0.25, -0.2) is 0 Å². The molecule has 0 saturated carbocycles. The van der Waals surface area contributed by atoms with Crippen molar-refractivity contribution in [2.45, 2.75) is 74.7 Å². The molecule has 0 aliphatic rings. The van der Waals surface area contributed by atoms with E-state index in [1.54, 1.807) is 0 Å². The van der Waals surface area contributed by atoms with Crippen LogP contribution in [-0.4, -0.2) is 45.2 Å². The van der Waals surface area contributed by atoms with Crippen molar-refractivity contribution in [3.8, 4) is 0 Å². The van der Waals surface area contributed by atoms with Crippen LogP contribution < -0.4 is 5.32 Å². The van der Waals surface area contributed by atoms with Gasteiger partial charge in [0.2, 0.25) is 6.41 Å². The number of hydrogen-bond acceptors (Lipinski definition) is 4. The number of Topliss-reactive ketones (excluding diaryl/α,β-unsaturated/α-hetero) is 1. The van der Waals surface area contributed by atoms with Crippen LogP contribution in [0.2, 0.25) is 0 Å². The van der Waals surface area contributed by atoms with Crippen molar-refractivity contribution in [2.24, 2.45) is 5.92 Å². The summed E-state index contributed by atoms with van der Waals surface area (Å²) in [5, 5.41) is 2.49. The molecule has 0 bridgehead atoms. The lowest BCUT2D eigenvalue weighted by atomic mass is 10.1. The molecule has 0 aliphatic heterocycles. The molecule has 0 saturated heterocycles. The van der Waals surface area contributed by atoms with Crippen LogP contribution in [0.1, 0.15) is 72.4 Å². The maximum atomic E-state index is 11.2. The molecule has 0 radical (unpaired) electrons. The Hall–Kier alpha value is -1.72. The van der Waals surface area contributed by atoms with Gasteiger partial charge in [-0.15, -0.1) is 0 Å². The van der Waals surface area contributed by atoms with E-state index in [0.29, 0.717) is 45.8 Å². The lowest BCUT2D eigenvalue weighted by Crippen LogP contribution is -2.19. The van der Waals surface area contributed by atoms with Gasteiger partial charge in [-0.3, -0.25) is 9.59 Å². The predicted molar refractivity (Wildman–Crippen MR) is 128 cm³/mol. The zero-order chi connectivity index (χ0) is 23.6. The van der Waals surface area contributed by atoms with Crippen LogP contribution >= 0.6 is 0 Å². The first-order chi connectivity index (χ1) is 14.5. The number of ketones is 1. The second-order valence-electron chi connectivity index (χ2n) is 6.40. The zero-order valence-electron chi connectivity index (χ0n) is 20.8. The molecule has 1 aromatic rings. The van der Waals surface area contributed by atoms with Gasteiger partial charge in [0.15, 0.2) is 0 Å². The van der Waals surface area contributed by atoms with Gasteiger partial charge < -0.3 is 14.8 Å². The van der Waals surface area contributed by atoms with Crippen LogP contribution in [0.15, 0.2) is 24.3 Å². The Kier molecular flexibility index (Phi) is 29.9. The van der Waals surface area contributed by atoms with Crippen molar-refractivity contribution >= 4 is 12.2 Å². The van der Waals surface area contributed by atoms with Crippen molar-refractivity contribution in [1.29, 1.82) is 0 Å². The van der Waals surface area contributed by atoms with E-state index in [4.69, 9.17) is 9.47 Å². The first kappa shape index (κ1) is 32.9. The maximum Gasteiger partial charge on any atom is 0.207 e. The summed E-state index contributed by atoms with van der Waals surface area (Å²) in [4.78, 5) is 21.1. The fourth-order valence-corrected chi connectivity index (χ4v) is 2.02. The third kappa shape index (κ3) is 24.3. The molecule has 1 aromatic carbocycles. The molecule has 0 fully saturated rings. The summed E-state index contributed by atoms with van der Waals surface area (Å²) in [6.45, 7) is 18.5. The van der Waals surface area contributed by atoms with E-state index in [-0.39, 0.29) is 11.7 Å². The fourth-order valence-electron chi connectivity index (χ4n) is 2.02. The minimum atomic E-state index is 0.0780. The van der Waals surface area contributed by atoms with Crippen LogP contribution in [0.5, 0.6) is 0 Å². The monoisotopic (exact) mass is 425 g/mol. The summed E-state index contributed by atoms with van der Waals surface area (Å²) in [7, 11) is 0. The summed E-state index contributed by atoms with van der Waals surface area (Å²) in [5.41, 5.74) is 2.80. The highest BCUT2D eigenvalue weighted by Crippen LogP contribution is 2.04. The van der Waals surface area contributed by atoms with E-state index in [1.165, 1.54) is 24.0 Å². The normalized spacial score (nSPS) is 9.23. The van der Waals surface area contributed by atoms with Crippen LogP contribution in [0.3, 0.4) is 0 Å². The molecule has 5 nitrogen and oxygen atoms in total. The molecule has 30 heavy (non-hydrogen) atoms. The molecule has 0 heterocycles. The molecular formula is C25H47NO4. The standard InChI is InChI=1S/C11H21NO4.C10H14.2C2H6/c1-10(2)11(14)3-5-15-7-8-16-6-4-12-9-13;1-3-4-10-7-5-9(2)6-8-10;2*1-2/h9-10H,3-8H2,1-2H3,(H,12,13);5-8H,3-4H2,1-2H3;2*1-2H3. The molecule has 1 rings (SSSR count). The summed E-state index contributed by atoms with van der Waals surface area (Å²) in [6, 6.07) is 8.76. The molecule has 0 spiro atoms. The van der Waals surface area contributed by atoms with E-state index in [1.807, 2.05) is 41.5 Å². The predicted octanol–water partition coefficient (Wildman–Crippen LogP) is 5.38. The Morgan fingerprint density at radius 1 is 0.967 bits per heavy atom. The minimum Gasteiger partial charge on any atom is -0.379 e. The number of ether oxygens (including phenoxy) is 2. The van der Waals surface area contributed by atoms with Crippen molar-refractivity contribution in [3.63, 3.8) is 0 Å². The van der Waals surface area contributed by atoms with Gasteiger partial charge in [0.1, 0.15) is 5.78 Å². The van der Waals surface area contributed by atoms with Crippen molar-refractivity contribution in [1.82, 2.24) is 5.32 Å². The Balaban J connectivity index is -0.000000444. The van der Waals surface area contributed by atoms with Crippen molar-refractivity contribution < 1.29 is 19.1 Å². The molecule has 1 N–H and O–H groups in total. The number of aryl methyl sites for hydroxylation is 2. The van der Waals surface area contributed by atoms with Crippen molar-refractivity contribution in [2.75, 3.05) is 33.0 Å². The SMILES string of the molecule is CC.CC.CC(C)C(=O)CCOCCOCCNC=O.CCCc1ccc(C)cc1.